The number of ether oxygens (including phenoxy) is 1. The summed E-state index contributed by atoms with van der Waals surface area (Å²) < 4.78 is 7.13. The molecule has 0 radical (unpaired) electrons. The van der Waals surface area contributed by atoms with Crippen LogP contribution in [0, 0.1) is 12.3 Å². The van der Waals surface area contributed by atoms with Gasteiger partial charge in [-0.2, -0.15) is 5.10 Å². The minimum atomic E-state index is -0.165. The zero-order valence-electron chi connectivity index (χ0n) is 13.3. The molecule has 0 aliphatic carbocycles. The van der Waals surface area contributed by atoms with E-state index < -0.39 is 0 Å². The van der Waals surface area contributed by atoms with E-state index >= 15 is 0 Å². The van der Waals surface area contributed by atoms with Gasteiger partial charge in [0.2, 0.25) is 0 Å². The highest BCUT2D eigenvalue weighted by molar-refractivity contribution is 6.30. The van der Waals surface area contributed by atoms with Crippen molar-refractivity contribution in [1.29, 1.82) is 0 Å². The fourth-order valence-corrected chi connectivity index (χ4v) is 2.87. The molecule has 1 saturated heterocycles. The van der Waals surface area contributed by atoms with Crippen molar-refractivity contribution >= 4 is 17.5 Å². The molecule has 1 amide bonds. The first-order valence-electron chi connectivity index (χ1n) is 7.65. The third-order valence-corrected chi connectivity index (χ3v) is 4.38. The lowest BCUT2D eigenvalue weighted by Gasteiger charge is -2.21. The van der Waals surface area contributed by atoms with Gasteiger partial charge in [0.1, 0.15) is 0 Å². The molecule has 2 aromatic rings. The first-order chi connectivity index (χ1) is 11.0. The molecule has 1 N–H and O–H groups in total. The number of carbonyl (C=O) groups is 1. The quantitative estimate of drug-likeness (QED) is 0.935. The molecule has 122 valence electrons. The Hall–Kier alpha value is -1.85. The lowest BCUT2D eigenvalue weighted by Crippen LogP contribution is -2.36. The van der Waals surface area contributed by atoms with E-state index in [-0.39, 0.29) is 11.3 Å². The van der Waals surface area contributed by atoms with Gasteiger partial charge in [-0.15, -0.1) is 0 Å². The summed E-state index contributed by atoms with van der Waals surface area (Å²) in [4.78, 5) is 12.4. The number of hydrogen-bond donors (Lipinski definition) is 1. The molecular formula is C17H20ClN3O2. The molecule has 0 saturated carbocycles. The first kappa shape index (κ1) is 16.0. The number of nitrogens with zero attached hydrogens (tertiary/aromatic N) is 2. The van der Waals surface area contributed by atoms with Crippen LogP contribution < -0.4 is 5.32 Å². The topological polar surface area (TPSA) is 56.1 Å². The van der Waals surface area contributed by atoms with Crippen LogP contribution in [-0.2, 0) is 4.74 Å². The largest absolute Gasteiger partial charge is 0.381 e. The molecule has 1 unspecified atom stereocenters. The molecule has 1 atom stereocenters. The third kappa shape index (κ3) is 3.57. The van der Waals surface area contributed by atoms with Crippen LogP contribution in [0.25, 0.3) is 5.69 Å². The van der Waals surface area contributed by atoms with E-state index in [0.29, 0.717) is 23.9 Å². The second-order valence-corrected chi connectivity index (χ2v) is 6.79. The highest BCUT2D eigenvalue weighted by Gasteiger charge is 2.30. The Labute approximate surface area is 140 Å². The van der Waals surface area contributed by atoms with E-state index in [9.17, 15) is 4.79 Å². The molecule has 2 heterocycles. The Morgan fingerprint density at radius 1 is 1.48 bits per heavy atom. The van der Waals surface area contributed by atoms with Crippen LogP contribution in [0.3, 0.4) is 0 Å². The van der Waals surface area contributed by atoms with Gasteiger partial charge in [-0.1, -0.05) is 24.6 Å². The summed E-state index contributed by atoms with van der Waals surface area (Å²) in [7, 11) is 0. The molecule has 1 aromatic heterocycles. The van der Waals surface area contributed by atoms with Gasteiger partial charge in [-0.3, -0.25) is 4.79 Å². The highest BCUT2D eigenvalue weighted by Crippen LogP contribution is 2.26. The fourth-order valence-electron chi connectivity index (χ4n) is 2.69. The summed E-state index contributed by atoms with van der Waals surface area (Å²) in [6, 6.07) is 9.18. The molecule has 5 nitrogen and oxygen atoms in total. The summed E-state index contributed by atoms with van der Waals surface area (Å²) in [5.74, 6) is -0.165. The maximum absolute atomic E-state index is 12.4. The summed E-state index contributed by atoms with van der Waals surface area (Å²) in [5, 5.41) is 8.00. The number of aromatic nitrogens is 2. The maximum Gasteiger partial charge on any atom is 0.271 e. The smallest absolute Gasteiger partial charge is 0.271 e. The predicted octanol–water partition coefficient (Wildman–Crippen LogP) is 2.99. The number of amides is 1. The van der Waals surface area contributed by atoms with Crippen LogP contribution >= 0.6 is 11.6 Å². The standard InChI is InChI=1S/C17H20ClN3O2/c1-12-8-15(16(22)19-10-17(2)6-7-23-11-17)20-21(12)14-5-3-4-13(18)9-14/h3-5,8-9H,6-7,10-11H2,1-2H3,(H,19,22). The number of benzene rings is 1. The number of rotatable bonds is 4. The highest BCUT2D eigenvalue weighted by atomic mass is 35.5. The molecule has 1 aliphatic heterocycles. The van der Waals surface area contributed by atoms with E-state index in [1.807, 2.05) is 31.2 Å². The second kappa shape index (κ2) is 6.34. The monoisotopic (exact) mass is 333 g/mol. The van der Waals surface area contributed by atoms with Gasteiger partial charge in [0.05, 0.1) is 12.3 Å². The first-order valence-corrected chi connectivity index (χ1v) is 8.03. The van der Waals surface area contributed by atoms with Gasteiger partial charge < -0.3 is 10.1 Å². The predicted molar refractivity (Wildman–Crippen MR) is 89.2 cm³/mol. The number of carbonyl (C=O) groups excluding carboxylic acids is 1. The lowest BCUT2D eigenvalue weighted by molar-refractivity contribution is 0.0919. The summed E-state index contributed by atoms with van der Waals surface area (Å²) >= 11 is 6.02. The minimum absolute atomic E-state index is 0.0141. The normalized spacial score (nSPS) is 20.7. The van der Waals surface area contributed by atoms with E-state index in [1.165, 1.54) is 0 Å². The van der Waals surface area contributed by atoms with E-state index in [0.717, 1.165) is 24.4 Å². The van der Waals surface area contributed by atoms with Gasteiger partial charge in [0.15, 0.2) is 5.69 Å². The number of aryl methyl sites for hydroxylation is 1. The maximum atomic E-state index is 12.4. The van der Waals surface area contributed by atoms with Crippen molar-refractivity contribution in [3.63, 3.8) is 0 Å². The second-order valence-electron chi connectivity index (χ2n) is 6.36. The van der Waals surface area contributed by atoms with Crippen LogP contribution in [0.4, 0.5) is 0 Å². The summed E-state index contributed by atoms with van der Waals surface area (Å²) in [5.41, 5.74) is 2.14. The van der Waals surface area contributed by atoms with Crippen molar-refractivity contribution in [3.05, 3.63) is 46.7 Å². The van der Waals surface area contributed by atoms with E-state index in [2.05, 4.69) is 17.3 Å². The number of hydrogen-bond acceptors (Lipinski definition) is 3. The SMILES string of the molecule is Cc1cc(C(=O)NCC2(C)CCOC2)nn1-c1cccc(Cl)c1. The van der Waals surface area contributed by atoms with Crippen molar-refractivity contribution in [2.24, 2.45) is 5.41 Å². The van der Waals surface area contributed by atoms with Gasteiger partial charge in [0.25, 0.3) is 5.91 Å². The van der Waals surface area contributed by atoms with Crippen molar-refractivity contribution < 1.29 is 9.53 Å². The van der Waals surface area contributed by atoms with Crippen LogP contribution in [-0.4, -0.2) is 35.4 Å². The Morgan fingerprint density at radius 3 is 3.00 bits per heavy atom. The van der Waals surface area contributed by atoms with Crippen LogP contribution in [0.5, 0.6) is 0 Å². The zero-order chi connectivity index (χ0) is 16.4. The Kier molecular flexibility index (Phi) is 4.41. The third-order valence-electron chi connectivity index (χ3n) is 4.15. The van der Waals surface area contributed by atoms with Crippen molar-refractivity contribution in [2.75, 3.05) is 19.8 Å². The number of nitrogens with one attached hydrogen (secondary N) is 1. The molecule has 6 heteroatoms. The Bertz CT molecular complexity index is 720. The number of halogens is 1. The average molecular weight is 334 g/mol. The molecule has 3 rings (SSSR count). The zero-order valence-corrected chi connectivity index (χ0v) is 14.1. The van der Waals surface area contributed by atoms with Gasteiger partial charge in [-0.25, -0.2) is 4.68 Å². The van der Waals surface area contributed by atoms with Gasteiger partial charge in [0, 0.05) is 29.3 Å². The molecule has 1 aromatic carbocycles. The van der Waals surface area contributed by atoms with Crippen LogP contribution in [0.15, 0.2) is 30.3 Å². The average Bonchev–Trinajstić information content (AvgIpc) is 3.12. The molecule has 1 fully saturated rings. The van der Waals surface area contributed by atoms with Gasteiger partial charge in [-0.05, 0) is 37.6 Å². The Morgan fingerprint density at radius 2 is 2.30 bits per heavy atom. The lowest BCUT2D eigenvalue weighted by atomic mass is 9.90. The van der Waals surface area contributed by atoms with Crippen LogP contribution in [0.1, 0.15) is 29.5 Å². The minimum Gasteiger partial charge on any atom is -0.381 e. The van der Waals surface area contributed by atoms with Crippen molar-refractivity contribution in [2.45, 2.75) is 20.3 Å². The molecule has 1 aliphatic rings. The molecular weight excluding hydrogens is 314 g/mol. The van der Waals surface area contributed by atoms with Crippen LogP contribution in [0.2, 0.25) is 5.02 Å². The van der Waals surface area contributed by atoms with E-state index in [1.54, 1.807) is 10.7 Å². The molecule has 23 heavy (non-hydrogen) atoms. The summed E-state index contributed by atoms with van der Waals surface area (Å²) in [6.07, 6.45) is 0.962. The molecule has 0 spiro atoms. The van der Waals surface area contributed by atoms with E-state index in [4.69, 9.17) is 16.3 Å². The molecule has 0 bridgehead atoms. The van der Waals surface area contributed by atoms with Crippen molar-refractivity contribution in [3.8, 4) is 5.69 Å². The fraction of sp³-hybridized carbons (Fsp3) is 0.412. The Balaban J connectivity index is 1.73. The van der Waals surface area contributed by atoms with Crippen molar-refractivity contribution in [1.82, 2.24) is 15.1 Å². The van der Waals surface area contributed by atoms with Gasteiger partial charge >= 0.3 is 0 Å². The summed E-state index contributed by atoms with van der Waals surface area (Å²) in [6.45, 7) is 6.07.